The van der Waals surface area contributed by atoms with Gasteiger partial charge in [0.15, 0.2) is 0 Å². The van der Waals surface area contributed by atoms with Crippen molar-refractivity contribution in [1.29, 1.82) is 0 Å². The minimum atomic E-state index is -3.89. The van der Waals surface area contributed by atoms with Crippen molar-refractivity contribution in [2.45, 2.75) is 26.7 Å². The van der Waals surface area contributed by atoms with E-state index in [9.17, 15) is 13.2 Å². The topological polar surface area (TPSA) is 84.5 Å². The Bertz CT molecular complexity index is 333. The van der Waals surface area contributed by atoms with E-state index in [0.29, 0.717) is 5.88 Å². The van der Waals surface area contributed by atoms with Gasteiger partial charge in [-0.25, -0.2) is 9.52 Å². The first-order chi connectivity index (χ1) is 7.84. The number of rotatable bonds is 7. The Kier molecular flexibility index (Phi) is 6.81. The molecule has 17 heavy (non-hydrogen) atoms. The average molecular weight is 287 g/mol. The summed E-state index contributed by atoms with van der Waals surface area (Å²) < 4.78 is 31.1. The normalized spacial score (nSPS) is 12.2. The molecule has 0 aliphatic heterocycles. The molecule has 2 N–H and O–H groups in total. The summed E-state index contributed by atoms with van der Waals surface area (Å²) in [6.45, 7) is 4.05. The van der Waals surface area contributed by atoms with E-state index in [4.69, 9.17) is 11.6 Å². The fourth-order valence-corrected chi connectivity index (χ4v) is 2.52. The van der Waals surface area contributed by atoms with Crippen LogP contribution in [0.2, 0.25) is 0 Å². The summed E-state index contributed by atoms with van der Waals surface area (Å²) in [5.74, 6) is 0.348. The first-order valence-corrected chi connectivity index (χ1v) is 7.28. The van der Waals surface area contributed by atoms with E-state index in [2.05, 4.69) is 9.46 Å². The van der Waals surface area contributed by atoms with Gasteiger partial charge in [-0.3, -0.25) is 0 Å². The summed E-state index contributed by atoms with van der Waals surface area (Å²) >= 11 is 5.84. The summed E-state index contributed by atoms with van der Waals surface area (Å²) in [5.41, 5.74) is -0.299. The molecule has 1 amide bonds. The van der Waals surface area contributed by atoms with Gasteiger partial charge in [0.2, 0.25) is 0 Å². The molecule has 0 radical (unpaired) electrons. The quantitative estimate of drug-likeness (QED) is 0.689. The molecular weight excluding hydrogens is 268 g/mol. The molecule has 0 rings (SSSR count). The number of methoxy groups -OCH3 is 1. The average Bonchev–Trinajstić information content (AvgIpc) is 2.31. The van der Waals surface area contributed by atoms with Crippen LogP contribution in [0.5, 0.6) is 0 Å². The molecule has 0 aromatic carbocycles. The molecule has 0 heterocycles. The van der Waals surface area contributed by atoms with E-state index >= 15 is 0 Å². The minimum absolute atomic E-state index is 0.176. The fraction of sp³-hybridized carbons (Fsp3) is 0.889. The van der Waals surface area contributed by atoms with Crippen LogP contribution in [-0.2, 0) is 14.9 Å². The van der Waals surface area contributed by atoms with E-state index in [0.717, 1.165) is 20.0 Å². The molecule has 102 valence electrons. The molecule has 0 atom stereocenters. The van der Waals surface area contributed by atoms with Gasteiger partial charge in [0.25, 0.3) is 0 Å². The third-order valence-corrected chi connectivity index (χ3v) is 4.35. The smallest absolute Gasteiger partial charge is 0.421 e. The number of alkyl halides is 1. The van der Waals surface area contributed by atoms with Gasteiger partial charge in [-0.2, -0.15) is 13.1 Å². The highest BCUT2D eigenvalue weighted by molar-refractivity contribution is 7.88. The van der Waals surface area contributed by atoms with E-state index in [-0.39, 0.29) is 12.0 Å². The predicted octanol–water partition coefficient (Wildman–Crippen LogP) is 1.22. The first kappa shape index (κ1) is 16.5. The van der Waals surface area contributed by atoms with Crippen molar-refractivity contribution in [3.63, 3.8) is 0 Å². The van der Waals surface area contributed by atoms with E-state index < -0.39 is 16.3 Å². The number of hydrogen-bond acceptors (Lipinski definition) is 4. The molecule has 0 aromatic rings. The maximum Gasteiger partial charge on any atom is 0.421 e. The molecular formula is C9H19ClN2O4S. The molecule has 0 aliphatic carbocycles. The standard InChI is InChI=1S/C9H19ClN2O4S/c1-4-9(5-2,6-10)7-11-17(14,15)12-8(13)16-3/h11H,4-7H2,1-3H3,(H,12,13). The van der Waals surface area contributed by atoms with Crippen molar-refractivity contribution in [3.05, 3.63) is 0 Å². The van der Waals surface area contributed by atoms with Gasteiger partial charge in [0.1, 0.15) is 0 Å². The second-order valence-electron chi connectivity index (χ2n) is 3.76. The van der Waals surface area contributed by atoms with Crippen LogP contribution in [0, 0.1) is 5.41 Å². The Labute approximate surface area is 107 Å². The van der Waals surface area contributed by atoms with Gasteiger partial charge in [-0.1, -0.05) is 13.8 Å². The third kappa shape index (κ3) is 5.56. The van der Waals surface area contributed by atoms with Crippen LogP contribution in [-0.4, -0.2) is 34.0 Å². The third-order valence-electron chi connectivity index (χ3n) is 2.82. The van der Waals surface area contributed by atoms with Gasteiger partial charge >= 0.3 is 16.3 Å². The van der Waals surface area contributed by atoms with Crippen molar-refractivity contribution in [2.24, 2.45) is 5.41 Å². The fourth-order valence-electron chi connectivity index (χ4n) is 1.17. The molecule has 0 spiro atoms. The summed E-state index contributed by atoms with van der Waals surface area (Å²) in [6, 6.07) is 0. The molecule has 0 saturated carbocycles. The van der Waals surface area contributed by atoms with Gasteiger partial charge in [0, 0.05) is 12.4 Å². The number of halogens is 1. The van der Waals surface area contributed by atoms with Crippen LogP contribution in [0.15, 0.2) is 0 Å². The molecule has 0 aromatic heterocycles. The van der Waals surface area contributed by atoms with E-state index in [1.807, 2.05) is 13.8 Å². The van der Waals surface area contributed by atoms with Crippen molar-refractivity contribution >= 4 is 27.9 Å². The number of hydrogen-bond donors (Lipinski definition) is 2. The van der Waals surface area contributed by atoms with Crippen LogP contribution in [0.3, 0.4) is 0 Å². The van der Waals surface area contributed by atoms with Gasteiger partial charge in [-0.15, -0.1) is 11.6 Å². The first-order valence-electron chi connectivity index (χ1n) is 5.26. The molecule has 0 aliphatic rings. The Morgan fingerprint density at radius 3 is 2.24 bits per heavy atom. The van der Waals surface area contributed by atoms with Crippen molar-refractivity contribution in [3.8, 4) is 0 Å². The lowest BCUT2D eigenvalue weighted by atomic mass is 9.85. The number of amides is 1. The lowest BCUT2D eigenvalue weighted by Gasteiger charge is -2.29. The van der Waals surface area contributed by atoms with Crippen LogP contribution < -0.4 is 9.44 Å². The summed E-state index contributed by atoms with van der Waals surface area (Å²) in [4.78, 5) is 10.8. The SMILES string of the molecule is CCC(CC)(CCl)CNS(=O)(=O)NC(=O)OC. The Hall–Kier alpha value is -0.530. The van der Waals surface area contributed by atoms with Crippen LogP contribution in [0.1, 0.15) is 26.7 Å². The zero-order chi connectivity index (χ0) is 13.5. The highest BCUT2D eigenvalue weighted by Gasteiger charge is 2.27. The minimum Gasteiger partial charge on any atom is -0.452 e. The van der Waals surface area contributed by atoms with E-state index in [1.54, 1.807) is 4.72 Å². The van der Waals surface area contributed by atoms with Gasteiger partial charge in [-0.05, 0) is 18.3 Å². The number of carbonyl (C=O) groups is 1. The molecule has 8 heteroatoms. The number of carbonyl (C=O) groups excluding carboxylic acids is 1. The van der Waals surface area contributed by atoms with Crippen LogP contribution >= 0.6 is 11.6 Å². The predicted molar refractivity (Wildman–Crippen MR) is 66.2 cm³/mol. The maximum absolute atomic E-state index is 11.4. The lowest BCUT2D eigenvalue weighted by Crippen LogP contribution is -2.45. The zero-order valence-corrected chi connectivity index (χ0v) is 11.8. The van der Waals surface area contributed by atoms with Crippen molar-refractivity contribution < 1.29 is 17.9 Å². The Balaban J connectivity index is 4.49. The lowest BCUT2D eigenvalue weighted by molar-refractivity contribution is 0.177. The number of nitrogens with one attached hydrogen (secondary N) is 2. The molecule has 0 bridgehead atoms. The van der Waals surface area contributed by atoms with E-state index in [1.165, 1.54) is 0 Å². The maximum atomic E-state index is 11.4. The van der Waals surface area contributed by atoms with Gasteiger partial charge in [0.05, 0.1) is 7.11 Å². The molecule has 0 fully saturated rings. The second kappa shape index (κ2) is 7.03. The summed E-state index contributed by atoms with van der Waals surface area (Å²) in [7, 11) is -2.80. The highest BCUT2D eigenvalue weighted by Crippen LogP contribution is 2.26. The summed E-state index contributed by atoms with van der Waals surface area (Å²) in [6.07, 6.45) is 0.462. The van der Waals surface area contributed by atoms with Gasteiger partial charge < -0.3 is 4.74 Å². The number of ether oxygens (including phenoxy) is 1. The van der Waals surface area contributed by atoms with Crippen LogP contribution in [0.4, 0.5) is 4.79 Å². The Morgan fingerprint density at radius 2 is 1.88 bits per heavy atom. The molecule has 6 nitrogen and oxygen atoms in total. The second-order valence-corrected chi connectivity index (χ2v) is 5.53. The summed E-state index contributed by atoms with van der Waals surface area (Å²) in [5, 5.41) is 0. The molecule has 0 saturated heterocycles. The van der Waals surface area contributed by atoms with Crippen molar-refractivity contribution in [1.82, 2.24) is 9.44 Å². The van der Waals surface area contributed by atoms with Crippen LogP contribution in [0.25, 0.3) is 0 Å². The van der Waals surface area contributed by atoms with Crippen molar-refractivity contribution in [2.75, 3.05) is 19.5 Å². The largest absolute Gasteiger partial charge is 0.452 e. The molecule has 0 unspecified atom stereocenters. The Morgan fingerprint density at radius 1 is 1.35 bits per heavy atom. The highest BCUT2D eigenvalue weighted by atomic mass is 35.5. The zero-order valence-electron chi connectivity index (χ0n) is 10.2. The monoisotopic (exact) mass is 286 g/mol.